The minimum absolute atomic E-state index is 0.227. The molecule has 0 heterocycles. The molecule has 10 nitrogen and oxygen atoms in total. The lowest BCUT2D eigenvalue weighted by atomic mass is 10.0. The molecule has 0 aliphatic carbocycles. The normalized spacial score (nSPS) is 10.7. The average Bonchev–Trinajstić information content (AvgIpc) is 2.95. The lowest BCUT2D eigenvalue weighted by Crippen LogP contribution is -2.37. The number of benzene rings is 3. The third-order valence-corrected chi connectivity index (χ3v) is 5.59. The van der Waals surface area contributed by atoms with Crippen LogP contribution in [0.15, 0.2) is 71.8 Å². The van der Waals surface area contributed by atoms with E-state index in [2.05, 4.69) is 35.0 Å². The van der Waals surface area contributed by atoms with Crippen LogP contribution in [0.5, 0.6) is 17.2 Å². The first-order valence-electron chi connectivity index (χ1n) is 12.2. The smallest absolute Gasteiger partial charge is 0.329 e. The Morgan fingerprint density at radius 3 is 2.36 bits per heavy atom. The lowest BCUT2D eigenvalue weighted by molar-refractivity contribution is -0.139. The zero-order valence-corrected chi connectivity index (χ0v) is 22.3. The van der Waals surface area contributed by atoms with Gasteiger partial charge in [0.2, 0.25) is 0 Å². The number of nitrogens with zero attached hydrogens (tertiary/aromatic N) is 1. The molecule has 0 spiro atoms. The molecule has 10 heteroatoms. The van der Waals surface area contributed by atoms with Gasteiger partial charge < -0.3 is 24.8 Å². The van der Waals surface area contributed by atoms with Crippen molar-refractivity contribution in [1.29, 1.82) is 0 Å². The number of hydrazone groups is 1. The molecule has 0 saturated carbocycles. The molecule has 0 unspecified atom stereocenters. The number of ether oxygens (including phenoxy) is 3. The van der Waals surface area contributed by atoms with Crippen LogP contribution < -0.4 is 30.3 Å². The van der Waals surface area contributed by atoms with E-state index in [4.69, 9.17) is 14.2 Å². The SMILES string of the molecule is COc1cccc(NC(=O)COc2ccc(/C=N\NC(=O)C(=O)NCc3ccc(C(C)C)cc3)cc2OC)c1. The van der Waals surface area contributed by atoms with Gasteiger partial charge in [0.1, 0.15) is 5.75 Å². The van der Waals surface area contributed by atoms with Gasteiger partial charge in [-0.05, 0) is 52.9 Å². The fourth-order valence-electron chi connectivity index (χ4n) is 3.42. The van der Waals surface area contributed by atoms with Crippen molar-refractivity contribution in [3.05, 3.63) is 83.4 Å². The van der Waals surface area contributed by atoms with Gasteiger partial charge in [-0.25, -0.2) is 5.43 Å². The standard InChI is InChI=1S/C29H32N4O6/c1-19(2)22-11-8-20(9-12-22)16-30-28(35)29(36)33-31-17-21-10-13-25(26(14-21)38-4)39-18-27(34)32-23-6-5-7-24(15-23)37-3/h5-15,17,19H,16,18H2,1-4H3,(H,30,35)(H,32,34)(H,33,36)/b31-17-. The summed E-state index contributed by atoms with van der Waals surface area (Å²) in [7, 11) is 3.01. The summed E-state index contributed by atoms with van der Waals surface area (Å²) in [5.41, 5.74) is 5.44. The molecule has 0 bridgehead atoms. The van der Waals surface area contributed by atoms with Crippen LogP contribution in [0.2, 0.25) is 0 Å². The molecule has 3 amide bonds. The fraction of sp³-hybridized carbons (Fsp3) is 0.241. The Morgan fingerprint density at radius 2 is 1.67 bits per heavy atom. The van der Waals surface area contributed by atoms with Gasteiger partial charge in [-0.15, -0.1) is 0 Å². The van der Waals surface area contributed by atoms with Crippen LogP contribution in [-0.2, 0) is 20.9 Å². The molecule has 204 valence electrons. The van der Waals surface area contributed by atoms with Crippen LogP contribution >= 0.6 is 0 Å². The first-order valence-corrected chi connectivity index (χ1v) is 12.2. The minimum Gasteiger partial charge on any atom is -0.497 e. The maximum atomic E-state index is 12.3. The largest absolute Gasteiger partial charge is 0.497 e. The summed E-state index contributed by atoms with van der Waals surface area (Å²) in [6.07, 6.45) is 1.36. The highest BCUT2D eigenvalue weighted by Crippen LogP contribution is 2.27. The Bertz CT molecular complexity index is 1320. The summed E-state index contributed by atoms with van der Waals surface area (Å²) >= 11 is 0. The predicted molar refractivity (Wildman–Crippen MR) is 148 cm³/mol. The number of amides is 3. The molecular weight excluding hydrogens is 500 g/mol. The molecule has 3 rings (SSSR count). The zero-order valence-electron chi connectivity index (χ0n) is 22.3. The molecule has 39 heavy (non-hydrogen) atoms. The molecule has 3 N–H and O–H groups in total. The molecule has 0 aliphatic heterocycles. The van der Waals surface area contributed by atoms with E-state index in [1.807, 2.05) is 24.3 Å². The molecule has 3 aromatic carbocycles. The first-order chi connectivity index (χ1) is 18.8. The van der Waals surface area contributed by atoms with E-state index in [1.54, 1.807) is 49.6 Å². The topological polar surface area (TPSA) is 127 Å². The van der Waals surface area contributed by atoms with Crippen LogP contribution in [0.3, 0.4) is 0 Å². The number of hydrogen-bond donors (Lipinski definition) is 3. The summed E-state index contributed by atoms with van der Waals surface area (Å²) in [4.78, 5) is 36.4. The highest BCUT2D eigenvalue weighted by molar-refractivity contribution is 6.35. The second kappa shape index (κ2) is 14.2. The van der Waals surface area contributed by atoms with Crippen molar-refractivity contribution in [2.45, 2.75) is 26.3 Å². The Kier molecular flexibility index (Phi) is 10.4. The van der Waals surface area contributed by atoms with Crippen molar-refractivity contribution < 1.29 is 28.6 Å². The van der Waals surface area contributed by atoms with Crippen LogP contribution in [-0.4, -0.2) is 44.8 Å². The fourth-order valence-corrected chi connectivity index (χ4v) is 3.42. The molecule has 0 radical (unpaired) electrons. The third kappa shape index (κ3) is 8.89. The molecule has 0 saturated heterocycles. The van der Waals surface area contributed by atoms with E-state index in [0.29, 0.717) is 34.4 Å². The van der Waals surface area contributed by atoms with Crippen LogP contribution in [0.1, 0.15) is 36.5 Å². The molecule has 3 aromatic rings. The number of carbonyl (C=O) groups is 3. The Balaban J connectivity index is 1.47. The molecule has 0 aliphatic rings. The molecule has 0 atom stereocenters. The highest BCUT2D eigenvalue weighted by atomic mass is 16.5. The Morgan fingerprint density at radius 1 is 0.897 bits per heavy atom. The van der Waals surface area contributed by atoms with Crippen molar-refractivity contribution in [2.24, 2.45) is 5.10 Å². The monoisotopic (exact) mass is 532 g/mol. The number of hydrogen-bond acceptors (Lipinski definition) is 7. The predicted octanol–water partition coefficient (Wildman–Crippen LogP) is 3.61. The summed E-state index contributed by atoms with van der Waals surface area (Å²) in [6.45, 7) is 4.19. The summed E-state index contributed by atoms with van der Waals surface area (Å²) in [5.74, 6) is -0.298. The number of carbonyl (C=O) groups excluding carboxylic acids is 3. The van der Waals surface area contributed by atoms with Gasteiger partial charge >= 0.3 is 11.8 Å². The van der Waals surface area contributed by atoms with Crippen molar-refractivity contribution in [3.8, 4) is 17.2 Å². The molecule has 0 fully saturated rings. The van der Waals surface area contributed by atoms with E-state index in [9.17, 15) is 14.4 Å². The minimum atomic E-state index is -0.890. The van der Waals surface area contributed by atoms with E-state index in [-0.39, 0.29) is 19.1 Å². The van der Waals surface area contributed by atoms with Crippen LogP contribution in [0.25, 0.3) is 0 Å². The first kappa shape index (κ1) is 28.7. The summed E-state index contributed by atoms with van der Waals surface area (Å²) in [6, 6.07) is 19.7. The highest BCUT2D eigenvalue weighted by Gasteiger charge is 2.13. The third-order valence-electron chi connectivity index (χ3n) is 5.59. The number of rotatable bonds is 11. The van der Waals surface area contributed by atoms with Gasteiger partial charge in [-0.1, -0.05) is 44.2 Å². The number of nitrogens with one attached hydrogen (secondary N) is 3. The maximum Gasteiger partial charge on any atom is 0.329 e. The quantitative estimate of drug-likeness (QED) is 0.197. The van der Waals surface area contributed by atoms with Crippen molar-refractivity contribution >= 4 is 29.6 Å². The Labute approximate surface area is 227 Å². The van der Waals surface area contributed by atoms with Gasteiger partial charge in [-0.2, -0.15) is 5.10 Å². The van der Waals surface area contributed by atoms with E-state index in [1.165, 1.54) is 18.9 Å². The molecular formula is C29H32N4O6. The van der Waals surface area contributed by atoms with E-state index >= 15 is 0 Å². The summed E-state index contributed by atoms with van der Waals surface area (Å²) < 4.78 is 16.1. The van der Waals surface area contributed by atoms with Crippen LogP contribution in [0.4, 0.5) is 5.69 Å². The van der Waals surface area contributed by atoms with Crippen molar-refractivity contribution in [2.75, 3.05) is 26.1 Å². The Hall–Kier alpha value is -4.86. The molecule has 0 aromatic heterocycles. The second-order valence-electron chi connectivity index (χ2n) is 8.76. The van der Waals surface area contributed by atoms with Gasteiger partial charge in [0, 0.05) is 18.3 Å². The second-order valence-corrected chi connectivity index (χ2v) is 8.76. The van der Waals surface area contributed by atoms with Gasteiger partial charge in [-0.3, -0.25) is 14.4 Å². The number of methoxy groups -OCH3 is 2. The zero-order chi connectivity index (χ0) is 28.2. The van der Waals surface area contributed by atoms with E-state index < -0.39 is 11.8 Å². The van der Waals surface area contributed by atoms with Gasteiger partial charge in [0.05, 0.1) is 20.4 Å². The van der Waals surface area contributed by atoms with Gasteiger partial charge in [0.15, 0.2) is 18.1 Å². The van der Waals surface area contributed by atoms with Crippen molar-refractivity contribution in [1.82, 2.24) is 10.7 Å². The number of anilines is 1. The summed E-state index contributed by atoms with van der Waals surface area (Å²) in [5, 5.41) is 9.13. The van der Waals surface area contributed by atoms with Gasteiger partial charge in [0.25, 0.3) is 5.91 Å². The average molecular weight is 533 g/mol. The lowest BCUT2D eigenvalue weighted by Gasteiger charge is -2.12. The van der Waals surface area contributed by atoms with E-state index in [0.717, 1.165) is 5.56 Å². The van der Waals surface area contributed by atoms with Crippen molar-refractivity contribution in [3.63, 3.8) is 0 Å². The maximum absolute atomic E-state index is 12.3. The van der Waals surface area contributed by atoms with Crippen LogP contribution in [0, 0.1) is 0 Å².